The predicted octanol–water partition coefficient (Wildman–Crippen LogP) is 1.28. The number of aromatic nitrogens is 4. The molecule has 1 aliphatic heterocycles. The minimum atomic E-state index is 0.488. The fraction of sp³-hybridized carbons (Fsp3) is 0.533. The van der Waals surface area contributed by atoms with E-state index in [1.807, 2.05) is 30.9 Å². The molecule has 1 unspecified atom stereocenters. The third-order valence-electron chi connectivity index (χ3n) is 3.88. The van der Waals surface area contributed by atoms with Crippen LogP contribution in [0.25, 0.3) is 0 Å². The van der Waals surface area contributed by atoms with Crippen LogP contribution in [0.1, 0.15) is 24.1 Å². The van der Waals surface area contributed by atoms with Crippen LogP contribution in [0.15, 0.2) is 24.5 Å². The number of hydrogen-bond donors (Lipinski definition) is 1. The maximum Gasteiger partial charge on any atom is 0.151 e. The lowest BCUT2D eigenvalue weighted by Crippen LogP contribution is -2.45. The van der Waals surface area contributed by atoms with E-state index in [9.17, 15) is 0 Å². The van der Waals surface area contributed by atoms with Gasteiger partial charge in [-0.25, -0.2) is 0 Å². The molecule has 3 heterocycles. The third kappa shape index (κ3) is 3.58. The molecule has 0 saturated carbocycles. The van der Waals surface area contributed by atoms with Crippen LogP contribution < -0.4 is 10.2 Å². The minimum absolute atomic E-state index is 0.488. The highest BCUT2D eigenvalue weighted by atomic mass is 15.3. The quantitative estimate of drug-likeness (QED) is 0.917. The van der Waals surface area contributed by atoms with E-state index < -0.39 is 0 Å². The molecule has 1 atom stereocenters. The molecule has 0 radical (unpaired) electrons. The second-order valence-corrected chi connectivity index (χ2v) is 5.72. The van der Waals surface area contributed by atoms with Gasteiger partial charge in [0.25, 0.3) is 0 Å². The first-order valence-corrected chi connectivity index (χ1v) is 7.47. The molecular weight excluding hydrogens is 264 g/mol. The predicted molar refractivity (Wildman–Crippen MR) is 82.1 cm³/mol. The van der Waals surface area contributed by atoms with E-state index >= 15 is 0 Å². The van der Waals surface area contributed by atoms with Crippen molar-refractivity contribution in [3.8, 4) is 0 Å². The van der Waals surface area contributed by atoms with Crippen LogP contribution in [0, 0.1) is 6.92 Å². The van der Waals surface area contributed by atoms with Gasteiger partial charge in [0, 0.05) is 44.5 Å². The van der Waals surface area contributed by atoms with Crippen molar-refractivity contribution in [2.45, 2.75) is 32.4 Å². The van der Waals surface area contributed by atoms with Crippen LogP contribution in [0.5, 0.6) is 0 Å². The zero-order valence-electron chi connectivity index (χ0n) is 12.7. The van der Waals surface area contributed by atoms with Crippen LogP contribution in [-0.4, -0.2) is 39.1 Å². The van der Waals surface area contributed by atoms with E-state index in [4.69, 9.17) is 0 Å². The van der Waals surface area contributed by atoms with Gasteiger partial charge >= 0.3 is 0 Å². The van der Waals surface area contributed by atoms with Crippen LogP contribution in [0.2, 0.25) is 0 Å². The van der Waals surface area contributed by atoms with Crippen molar-refractivity contribution in [3.05, 3.63) is 35.8 Å². The van der Waals surface area contributed by atoms with Crippen molar-refractivity contribution in [2.75, 3.05) is 18.0 Å². The molecule has 1 saturated heterocycles. The molecular formula is C15H22N6. The molecule has 0 bridgehead atoms. The molecule has 0 aromatic carbocycles. The molecule has 1 N–H and O–H groups in total. The smallest absolute Gasteiger partial charge is 0.151 e. The molecule has 0 aliphatic carbocycles. The lowest BCUT2D eigenvalue weighted by molar-refractivity contribution is 0.419. The van der Waals surface area contributed by atoms with Gasteiger partial charge in [-0.3, -0.25) is 4.68 Å². The lowest BCUT2D eigenvalue weighted by Gasteiger charge is -2.33. The molecule has 2 aromatic rings. The summed E-state index contributed by atoms with van der Waals surface area (Å²) in [5.74, 6) is 0.980. The fourth-order valence-corrected chi connectivity index (χ4v) is 2.74. The molecule has 6 nitrogen and oxygen atoms in total. The van der Waals surface area contributed by atoms with Gasteiger partial charge in [0.1, 0.15) is 0 Å². The Hall–Kier alpha value is -1.95. The number of nitrogens with zero attached hydrogens (tertiary/aromatic N) is 5. The summed E-state index contributed by atoms with van der Waals surface area (Å²) in [6, 6.07) is 4.57. The second-order valence-electron chi connectivity index (χ2n) is 5.72. The first kappa shape index (κ1) is 14.0. The van der Waals surface area contributed by atoms with Crippen molar-refractivity contribution in [2.24, 2.45) is 7.05 Å². The normalized spacial score (nSPS) is 19.0. The largest absolute Gasteiger partial charge is 0.354 e. The summed E-state index contributed by atoms with van der Waals surface area (Å²) in [5, 5.41) is 16.3. The summed E-state index contributed by atoms with van der Waals surface area (Å²) in [5.41, 5.74) is 2.19. The Balaban J connectivity index is 1.56. The SMILES string of the molecule is Cc1ccc(N2CCCC(NCc3cnn(C)c3)C2)nn1. The molecule has 3 rings (SSSR count). The zero-order chi connectivity index (χ0) is 14.7. The average molecular weight is 286 g/mol. The number of hydrogen-bond acceptors (Lipinski definition) is 5. The van der Waals surface area contributed by atoms with Gasteiger partial charge in [0.15, 0.2) is 5.82 Å². The van der Waals surface area contributed by atoms with E-state index in [2.05, 4.69) is 37.8 Å². The van der Waals surface area contributed by atoms with Crippen molar-refractivity contribution in [3.63, 3.8) is 0 Å². The number of anilines is 1. The van der Waals surface area contributed by atoms with Crippen LogP contribution in [-0.2, 0) is 13.6 Å². The Morgan fingerprint density at radius 3 is 2.95 bits per heavy atom. The van der Waals surface area contributed by atoms with Gasteiger partial charge < -0.3 is 10.2 Å². The minimum Gasteiger partial charge on any atom is -0.354 e. The maximum atomic E-state index is 4.29. The van der Waals surface area contributed by atoms with E-state index in [1.165, 1.54) is 18.4 Å². The maximum absolute atomic E-state index is 4.29. The highest BCUT2D eigenvalue weighted by Crippen LogP contribution is 2.17. The van der Waals surface area contributed by atoms with Crippen molar-refractivity contribution >= 4 is 5.82 Å². The summed E-state index contributed by atoms with van der Waals surface area (Å²) in [6.07, 6.45) is 6.36. The Labute approximate surface area is 125 Å². The second kappa shape index (κ2) is 6.22. The molecule has 112 valence electrons. The van der Waals surface area contributed by atoms with Gasteiger partial charge in [-0.2, -0.15) is 10.2 Å². The molecule has 1 aliphatic rings. The molecule has 21 heavy (non-hydrogen) atoms. The molecule has 0 spiro atoms. The molecule has 2 aromatic heterocycles. The standard InChI is InChI=1S/C15H22N6/c1-12-5-6-15(19-18-12)21-7-3-4-14(11-21)16-8-13-9-17-20(2)10-13/h5-6,9-10,14,16H,3-4,7-8,11H2,1-2H3. The number of piperidine rings is 1. The Kier molecular flexibility index (Phi) is 4.15. The van der Waals surface area contributed by atoms with Gasteiger partial charge in [-0.15, -0.1) is 5.10 Å². The summed E-state index contributed by atoms with van der Waals surface area (Å²) < 4.78 is 1.84. The Bertz CT molecular complexity index is 576. The van der Waals surface area contributed by atoms with Crippen LogP contribution in [0.4, 0.5) is 5.82 Å². The van der Waals surface area contributed by atoms with Gasteiger partial charge in [0.2, 0.25) is 0 Å². The number of aryl methyl sites for hydroxylation is 2. The molecule has 6 heteroatoms. The summed E-state index contributed by atoms with van der Waals surface area (Å²) in [7, 11) is 1.95. The molecule has 1 fully saturated rings. The van der Waals surface area contributed by atoms with E-state index in [-0.39, 0.29) is 0 Å². The summed E-state index contributed by atoms with van der Waals surface area (Å²) >= 11 is 0. The van der Waals surface area contributed by atoms with Crippen LogP contribution >= 0.6 is 0 Å². The monoisotopic (exact) mass is 286 g/mol. The van der Waals surface area contributed by atoms with E-state index in [1.54, 1.807) is 0 Å². The Morgan fingerprint density at radius 1 is 1.33 bits per heavy atom. The van der Waals surface area contributed by atoms with Crippen LogP contribution in [0.3, 0.4) is 0 Å². The van der Waals surface area contributed by atoms with E-state index in [0.29, 0.717) is 6.04 Å². The van der Waals surface area contributed by atoms with Gasteiger partial charge in [-0.05, 0) is 31.9 Å². The van der Waals surface area contributed by atoms with Gasteiger partial charge in [-0.1, -0.05) is 0 Å². The lowest BCUT2D eigenvalue weighted by atomic mass is 10.1. The zero-order valence-corrected chi connectivity index (χ0v) is 12.7. The molecule has 0 amide bonds. The topological polar surface area (TPSA) is 58.9 Å². The average Bonchev–Trinajstić information content (AvgIpc) is 2.92. The third-order valence-corrected chi connectivity index (χ3v) is 3.88. The highest BCUT2D eigenvalue weighted by molar-refractivity contribution is 5.38. The summed E-state index contributed by atoms with van der Waals surface area (Å²) in [6.45, 7) is 4.87. The highest BCUT2D eigenvalue weighted by Gasteiger charge is 2.20. The summed E-state index contributed by atoms with van der Waals surface area (Å²) in [4.78, 5) is 2.32. The Morgan fingerprint density at radius 2 is 2.24 bits per heavy atom. The van der Waals surface area contributed by atoms with Crippen molar-refractivity contribution in [1.82, 2.24) is 25.3 Å². The first-order chi connectivity index (χ1) is 10.2. The van der Waals surface area contributed by atoms with Crippen molar-refractivity contribution < 1.29 is 0 Å². The first-order valence-electron chi connectivity index (χ1n) is 7.47. The van der Waals surface area contributed by atoms with Crippen molar-refractivity contribution in [1.29, 1.82) is 0 Å². The van der Waals surface area contributed by atoms with E-state index in [0.717, 1.165) is 31.1 Å². The van der Waals surface area contributed by atoms with Gasteiger partial charge in [0.05, 0.1) is 11.9 Å². The fourth-order valence-electron chi connectivity index (χ4n) is 2.74. The number of nitrogens with one attached hydrogen (secondary N) is 1. The number of rotatable bonds is 4.